The number of benzene rings is 2. The molecule has 0 spiro atoms. The Balaban J connectivity index is 1.79. The largest absolute Gasteiger partial charge is 0.481 e. The maximum atomic E-state index is 13.1. The normalized spacial score (nSPS) is 15.7. The van der Waals surface area contributed by atoms with E-state index in [4.69, 9.17) is 0 Å². The fraction of sp³-hybridized carbons (Fsp3) is 0.348. The zero-order chi connectivity index (χ0) is 21.1. The fourth-order valence-corrected chi connectivity index (χ4v) is 3.66. The minimum absolute atomic E-state index is 0.0564. The van der Waals surface area contributed by atoms with E-state index in [2.05, 4.69) is 5.32 Å². The van der Waals surface area contributed by atoms with Gasteiger partial charge in [0.05, 0.1) is 5.92 Å². The third kappa shape index (κ3) is 4.65. The van der Waals surface area contributed by atoms with Crippen LogP contribution in [0.1, 0.15) is 53.2 Å². The lowest BCUT2D eigenvalue weighted by molar-refractivity contribution is -0.139. The van der Waals surface area contributed by atoms with E-state index in [-0.39, 0.29) is 24.3 Å². The lowest BCUT2D eigenvalue weighted by atomic mass is 9.89. The first kappa shape index (κ1) is 20.6. The van der Waals surface area contributed by atoms with Gasteiger partial charge in [-0.2, -0.15) is 0 Å². The van der Waals surface area contributed by atoms with Crippen molar-refractivity contribution in [3.63, 3.8) is 0 Å². The van der Waals surface area contributed by atoms with E-state index in [0.29, 0.717) is 24.2 Å². The van der Waals surface area contributed by atoms with Gasteiger partial charge >= 0.3 is 5.97 Å². The highest BCUT2D eigenvalue weighted by Crippen LogP contribution is 2.30. The van der Waals surface area contributed by atoms with Crippen LogP contribution in [0.25, 0.3) is 0 Å². The van der Waals surface area contributed by atoms with Crippen molar-refractivity contribution in [2.75, 3.05) is 11.9 Å². The molecular formula is C23H26N2O4. The summed E-state index contributed by atoms with van der Waals surface area (Å²) in [5.41, 5.74) is 3.57. The van der Waals surface area contributed by atoms with E-state index in [0.717, 1.165) is 16.7 Å². The first-order chi connectivity index (χ1) is 13.8. The first-order valence-electron chi connectivity index (χ1n) is 9.76. The van der Waals surface area contributed by atoms with Crippen LogP contribution in [0.3, 0.4) is 0 Å². The minimum atomic E-state index is -0.936. The van der Waals surface area contributed by atoms with E-state index >= 15 is 0 Å². The van der Waals surface area contributed by atoms with Crippen LogP contribution in [0.4, 0.5) is 5.69 Å². The molecule has 2 amide bonds. The lowest BCUT2D eigenvalue weighted by Crippen LogP contribution is -2.40. The van der Waals surface area contributed by atoms with Gasteiger partial charge in [-0.25, -0.2) is 0 Å². The Kier molecular flexibility index (Phi) is 6.01. The molecule has 2 aromatic carbocycles. The molecular weight excluding hydrogens is 368 g/mol. The summed E-state index contributed by atoms with van der Waals surface area (Å²) in [5, 5.41) is 12.5. The van der Waals surface area contributed by atoms with Gasteiger partial charge in [0, 0.05) is 30.8 Å². The Morgan fingerprint density at radius 2 is 1.90 bits per heavy atom. The summed E-state index contributed by atoms with van der Waals surface area (Å²) in [4.78, 5) is 38.4. The van der Waals surface area contributed by atoms with Crippen molar-refractivity contribution >= 4 is 23.5 Å². The van der Waals surface area contributed by atoms with Crippen molar-refractivity contribution < 1.29 is 19.5 Å². The van der Waals surface area contributed by atoms with Gasteiger partial charge in [-0.05, 0) is 47.7 Å². The van der Waals surface area contributed by atoms with E-state index in [1.54, 1.807) is 23.1 Å². The number of anilines is 1. The number of aryl methyl sites for hydroxylation is 1. The summed E-state index contributed by atoms with van der Waals surface area (Å²) in [6.45, 7) is 6.32. The van der Waals surface area contributed by atoms with E-state index < -0.39 is 11.9 Å². The summed E-state index contributed by atoms with van der Waals surface area (Å²) in [6, 6.07) is 12.5. The Morgan fingerprint density at radius 1 is 1.17 bits per heavy atom. The quantitative estimate of drug-likeness (QED) is 0.807. The molecule has 1 aliphatic rings. The number of carboxylic acid groups (broad SMARTS) is 1. The number of rotatable bonds is 5. The lowest BCUT2D eigenvalue weighted by Gasteiger charge is -2.33. The number of amides is 2. The number of carbonyl (C=O) groups is 3. The zero-order valence-corrected chi connectivity index (χ0v) is 16.9. The standard InChI is InChI=1S/C23H26N2O4/c1-14(2)10-21(26)24-20-9-8-16(11-15(20)3)22(27)25-12-17-6-4-5-7-18(17)19(13-25)23(28)29/h4-9,11,14,19H,10,12-13H2,1-3H3,(H,24,26)(H,28,29). The number of nitrogens with one attached hydrogen (secondary N) is 1. The molecule has 0 bridgehead atoms. The van der Waals surface area contributed by atoms with Gasteiger partial charge < -0.3 is 15.3 Å². The monoisotopic (exact) mass is 394 g/mol. The molecule has 2 N–H and O–H groups in total. The number of aliphatic carboxylic acids is 1. The molecule has 29 heavy (non-hydrogen) atoms. The average Bonchev–Trinajstić information content (AvgIpc) is 2.67. The molecule has 1 heterocycles. The second-order valence-electron chi connectivity index (χ2n) is 7.95. The van der Waals surface area contributed by atoms with Crippen LogP contribution in [0, 0.1) is 12.8 Å². The Hall–Kier alpha value is -3.15. The molecule has 0 aromatic heterocycles. The van der Waals surface area contributed by atoms with Crippen LogP contribution in [-0.4, -0.2) is 34.3 Å². The maximum Gasteiger partial charge on any atom is 0.312 e. The highest BCUT2D eigenvalue weighted by atomic mass is 16.4. The first-order valence-corrected chi connectivity index (χ1v) is 9.76. The van der Waals surface area contributed by atoms with Crippen LogP contribution in [0.15, 0.2) is 42.5 Å². The summed E-state index contributed by atoms with van der Waals surface area (Å²) in [7, 11) is 0. The van der Waals surface area contributed by atoms with Gasteiger partial charge in [0.15, 0.2) is 0 Å². The van der Waals surface area contributed by atoms with Crippen LogP contribution < -0.4 is 5.32 Å². The number of carbonyl (C=O) groups excluding carboxylic acids is 2. The van der Waals surface area contributed by atoms with E-state index in [1.165, 1.54) is 0 Å². The van der Waals surface area contributed by atoms with Gasteiger partial charge in [-0.15, -0.1) is 0 Å². The van der Waals surface area contributed by atoms with Crippen molar-refractivity contribution in [3.05, 3.63) is 64.7 Å². The van der Waals surface area contributed by atoms with Crippen molar-refractivity contribution in [1.29, 1.82) is 0 Å². The van der Waals surface area contributed by atoms with Crippen LogP contribution >= 0.6 is 0 Å². The summed E-state index contributed by atoms with van der Waals surface area (Å²) < 4.78 is 0. The molecule has 1 aliphatic heterocycles. The predicted octanol–water partition coefficient (Wildman–Crippen LogP) is 3.80. The second-order valence-corrected chi connectivity index (χ2v) is 7.95. The molecule has 3 rings (SSSR count). The Labute approximate surface area is 170 Å². The maximum absolute atomic E-state index is 13.1. The molecule has 0 aliphatic carbocycles. The predicted molar refractivity (Wildman–Crippen MR) is 111 cm³/mol. The summed E-state index contributed by atoms with van der Waals surface area (Å²) in [6.07, 6.45) is 0.434. The smallest absolute Gasteiger partial charge is 0.312 e. The average molecular weight is 394 g/mol. The number of carboxylic acids is 1. The zero-order valence-electron chi connectivity index (χ0n) is 16.9. The van der Waals surface area contributed by atoms with E-state index in [1.807, 2.05) is 45.0 Å². The molecule has 2 aromatic rings. The molecule has 6 nitrogen and oxygen atoms in total. The molecule has 0 saturated heterocycles. The number of hydrogen-bond donors (Lipinski definition) is 2. The molecule has 152 valence electrons. The van der Waals surface area contributed by atoms with Gasteiger partial charge in [0.25, 0.3) is 5.91 Å². The van der Waals surface area contributed by atoms with Gasteiger partial charge in [-0.3, -0.25) is 14.4 Å². The Bertz CT molecular complexity index is 952. The van der Waals surface area contributed by atoms with Gasteiger partial charge in [0.1, 0.15) is 0 Å². The number of fused-ring (bicyclic) bond motifs is 1. The Morgan fingerprint density at radius 3 is 2.55 bits per heavy atom. The summed E-state index contributed by atoms with van der Waals surface area (Å²) >= 11 is 0. The molecule has 6 heteroatoms. The van der Waals surface area contributed by atoms with Gasteiger partial charge in [0.2, 0.25) is 5.91 Å². The number of hydrogen-bond acceptors (Lipinski definition) is 3. The van der Waals surface area contributed by atoms with Crippen molar-refractivity contribution in [3.8, 4) is 0 Å². The van der Waals surface area contributed by atoms with Crippen LogP contribution in [0.5, 0.6) is 0 Å². The fourth-order valence-electron chi connectivity index (χ4n) is 3.66. The number of nitrogens with zero attached hydrogens (tertiary/aromatic N) is 1. The summed E-state index contributed by atoms with van der Waals surface area (Å²) in [5.74, 6) is -1.68. The van der Waals surface area contributed by atoms with Crippen molar-refractivity contribution in [1.82, 2.24) is 4.90 Å². The third-order valence-corrected chi connectivity index (χ3v) is 5.12. The SMILES string of the molecule is Cc1cc(C(=O)N2Cc3ccccc3C(C(=O)O)C2)ccc1NC(=O)CC(C)C. The van der Waals surface area contributed by atoms with Crippen molar-refractivity contribution in [2.24, 2.45) is 5.92 Å². The van der Waals surface area contributed by atoms with Gasteiger partial charge in [-0.1, -0.05) is 38.1 Å². The van der Waals surface area contributed by atoms with E-state index in [9.17, 15) is 19.5 Å². The highest BCUT2D eigenvalue weighted by Gasteiger charge is 2.32. The molecule has 0 radical (unpaired) electrons. The third-order valence-electron chi connectivity index (χ3n) is 5.12. The molecule has 1 atom stereocenters. The topological polar surface area (TPSA) is 86.7 Å². The van der Waals surface area contributed by atoms with Crippen molar-refractivity contribution in [2.45, 2.75) is 39.7 Å². The highest BCUT2D eigenvalue weighted by molar-refractivity contribution is 5.97. The molecule has 0 fully saturated rings. The minimum Gasteiger partial charge on any atom is -0.481 e. The van der Waals surface area contributed by atoms with Crippen LogP contribution in [-0.2, 0) is 16.1 Å². The second kappa shape index (κ2) is 8.47. The molecule has 0 saturated carbocycles. The molecule has 1 unspecified atom stereocenters. The van der Waals surface area contributed by atoms with Crippen LogP contribution in [0.2, 0.25) is 0 Å².